The monoisotopic (exact) mass is 226 g/mol. The topological polar surface area (TPSA) is 16.1 Å². The smallest absolute Gasteiger partial charge is 0.0702 e. The van der Waals surface area contributed by atoms with Crippen LogP contribution < -0.4 is 0 Å². The Morgan fingerprint density at radius 2 is 2.24 bits per heavy atom. The van der Waals surface area contributed by atoms with Crippen LogP contribution in [-0.2, 0) is 0 Å². The standard InChI is InChI=1S/C15H18N2/c1-2-17-9-5-8-15(17)13-10-12-6-3-4-7-14(12)16-11-13/h3-4,6-7,10-11,15H,2,5,8-9H2,1H3. The van der Waals surface area contributed by atoms with Crippen molar-refractivity contribution in [3.63, 3.8) is 0 Å². The molecule has 0 bridgehead atoms. The zero-order valence-corrected chi connectivity index (χ0v) is 10.3. The zero-order valence-electron chi connectivity index (χ0n) is 10.3. The highest BCUT2D eigenvalue weighted by Gasteiger charge is 2.24. The molecule has 0 radical (unpaired) electrons. The van der Waals surface area contributed by atoms with Crippen LogP contribution in [0.15, 0.2) is 36.5 Å². The lowest BCUT2D eigenvalue weighted by atomic mass is 10.0. The highest BCUT2D eigenvalue weighted by atomic mass is 15.2. The number of likely N-dealkylation sites (tertiary alicyclic amines) is 1. The second-order valence-electron chi connectivity index (χ2n) is 4.75. The maximum Gasteiger partial charge on any atom is 0.0702 e. The van der Waals surface area contributed by atoms with E-state index in [1.54, 1.807) is 0 Å². The van der Waals surface area contributed by atoms with Crippen LogP contribution in [0.1, 0.15) is 31.4 Å². The number of fused-ring (bicyclic) bond motifs is 1. The van der Waals surface area contributed by atoms with Crippen molar-refractivity contribution in [1.82, 2.24) is 9.88 Å². The van der Waals surface area contributed by atoms with Crippen molar-refractivity contribution >= 4 is 10.9 Å². The summed E-state index contributed by atoms with van der Waals surface area (Å²) in [7, 11) is 0. The molecule has 0 N–H and O–H groups in total. The summed E-state index contributed by atoms with van der Waals surface area (Å²) in [5.74, 6) is 0. The average Bonchev–Trinajstić information content (AvgIpc) is 2.86. The number of benzene rings is 1. The maximum atomic E-state index is 4.57. The summed E-state index contributed by atoms with van der Waals surface area (Å²) < 4.78 is 0. The molecule has 88 valence electrons. The van der Waals surface area contributed by atoms with Crippen molar-refractivity contribution in [2.24, 2.45) is 0 Å². The Hall–Kier alpha value is -1.41. The normalized spacial score (nSPS) is 21.1. The van der Waals surface area contributed by atoms with E-state index < -0.39 is 0 Å². The fraction of sp³-hybridized carbons (Fsp3) is 0.400. The highest BCUT2D eigenvalue weighted by Crippen LogP contribution is 2.32. The number of aromatic nitrogens is 1. The van der Waals surface area contributed by atoms with Gasteiger partial charge < -0.3 is 0 Å². The maximum absolute atomic E-state index is 4.57. The Morgan fingerprint density at radius 3 is 3.12 bits per heavy atom. The Balaban J connectivity index is 2.00. The van der Waals surface area contributed by atoms with Gasteiger partial charge in [0.05, 0.1) is 5.52 Å². The molecule has 1 aliphatic rings. The van der Waals surface area contributed by atoms with Crippen molar-refractivity contribution < 1.29 is 0 Å². The summed E-state index contributed by atoms with van der Waals surface area (Å²) in [4.78, 5) is 7.12. The number of hydrogen-bond donors (Lipinski definition) is 0. The molecule has 0 spiro atoms. The van der Waals surface area contributed by atoms with Crippen molar-refractivity contribution in [1.29, 1.82) is 0 Å². The van der Waals surface area contributed by atoms with Gasteiger partial charge in [0, 0.05) is 17.6 Å². The van der Waals surface area contributed by atoms with Crippen LogP contribution >= 0.6 is 0 Å². The molecule has 2 aromatic rings. The summed E-state index contributed by atoms with van der Waals surface area (Å²) in [6.07, 6.45) is 4.64. The van der Waals surface area contributed by atoms with Crippen molar-refractivity contribution in [3.05, 3.63) is 42.1 Å². The molecular weight excluding hydrogens is 208 g/mol. The number of hydrogen-bond acceptors (Lipinski definition) is 2. The Labute approximate surface area is 102 Å². The lowest BCUT2D eigenvalue weighted by Gasteiger charge is -2.22. The molecule has 1 atom stereocenters. The van der Waals surface area contributed by atoms with Gasteiger partial charge in [-0.2, -0.15) is 0 Å². The second kappa shape index (κ2) is 4.46. The van der Waals surface area contributed by atoms with Gasteiger partial charge in [-0.3, -0.25) is 9.88 Å². The fourth-order valence-electron chi connectivity index (χ4n) is 2.85. The minimum Gasteiger partial charge on any atom is -0.297 e. The van der Waals surface area contributed by atoms with E-state index in [0.717, 1.165) is 12.1 Å². The van der Waals surface area contributed by atoms with Gasteiger partial charge in [-0.05, 0) is 43.6 Å². The largest absolute Gasteiger partial charge is 0.297 e. The van der Waals surface area contributed by atoms with Crippen molar-refractivity contribution in [2.75, 3.05) is 13.1 Å². The first kappa shape index (κ1) is 10.7. The Morgan fingerprint density at radius 1 is 1.35 bits per heavy atom. The van der Waals surface area contributed by atoms with Crippen LogP contribution in [0.2, 0.25) is 0 Å². The van der Waals surface area contributed by atoms with Crippen LogP contribution in [-0.4, -0.2) is 23.0 Å². The first-order chi connectivity index (χ1) is 8.38. The number of para-hydroxylation sites is 1. The zero-order chi connectivity index (χ0) is 11.7. The molecule has 1 aromatic carbocycles. The first-order valence-electron chi connectivity index (χ1n) is 6.47. The predicted molar refractivity (Wildman–Crippen MR) is 71.0 cm³/mol. The average molecular weight is 226 g/mol. The molecule has 3 rings (SSSR count). The summed E-state index contributed by atoms with van der Waals surface area (Å²) in [6, 6.07) is 11.2. The van der Waals surface area contributed by atoms with Gasteiger partial charge in [0.1, 0.15) is 0 Å². The molecule has 1 saturated heterocycles. The summed E-state index contributed by atoms with van der Waals surface area (Å²) in [5.41, 5.74) is 2.47. The molecule has 2 heteroatoms. The number of pyridine rings is 1. The Kier molecular flexibility index (Phi) is 2.81. The van der Waals surface area contributed by atoms with Gasteiger partial charge in [-0.25, -0.2) is 0 Å². The van der Waals surface area contributed by atoms with Gasteiger partial charge in [0.2, 0.25) is 0 Å². The van der Waals surface area contributed by atoms with E-state index in [0.29, 0.717) is 6.04 Å². The summed E-state index contributed by atoms with van der Waals surface area (Å²) >= 11 is 0. The summed E-state index contributed by atoms with van der Waals surface area (Å²) in [6.45, 7) is 4.61. The molecular formula is C15H18N2. The molecule has 1 unspecified atom stereocenters. The molecule has 1 aromatic heterocycles. The van der Waals surface area contributed by atoms with E-state index in [9.17, 15) is 0 Å². The number of rotatable bonds is 2. The minimum absolute atomic E-state index is 0.581. The molecule has 2 nitrogen and oxygen atoms in total. The predicted octanol–water partition coefficient (Wildman–Crippen LogP) is 3.39. The minimum atomic E-state index is 0.581. The molecule has 2 heterocycles. The van der Waals surface area contributed by atoms with Crippen molar-refractivity contribution in [2.45, 2.75) is 25.8 Å². The van der Waals surface area contributed by atoms with Gasteiger partial charge >= 0.3 is 0 Å². The van der Waals surface area contributed by atoms with Crippen LogP contribution in [0.5, 0.6) is 0 Å². The van der Waals surface area contributed by atoms with E-state index in [-0.39, 0.29) is 0 Å². The molecule has 0 saturated carbocycles. The lowest BCUT2D eigenvalue weighted by Crippen LogP contribution is -2.22. The van der Waals surface area contributed by atoms with Gasteiger partial charge in [-0.15, -0.1) is 0 Å². The van der Waals surface area contributed by atoms with Gasteiger partial charge in [0.15, 0.2) is 0 Å². The van der Waals surface area contributed by atoms with Crippen LogP contribution in [0, 0.1) is 0 Å². The van der Waals surface area contributed by atoms with Gasteiger partial charge in [-0.1, -0.05) is 25.1 Å². The second-order valence-corrected chi connectivity index (χ2v) is 4.75. The van der Waals surface area contributed by atoms with E-state index in [4.69, 9.17) is 0 Å². The lowest BCUT2D eigenvalue weighted by molar-refractivity contribution is 0.271. The van der Waals surface area contributed by atoms with Gasteiger partial charge in [0.25, 0.3) is 0 Å². The molecule has 0 aliphatic carbocycles. The molecule has 0 amide bonds. The van der Waals surface area contributed by atoms with Crippen LogP contribution in [0.25, 0.3) is 10.9 Å². The third-order valence-corrected chi connectivity index (χ3v) is 3.77. The molecule has 17 heavy (non-hydrogen) atoms. The fourth-order valence-corrected chi connectivity index (χ4v) is 2.85. The highest BCUT2D eigenvalue weighted by molar-refractivity contribution is 5.78. The third-order valence-electron chi connectivity index (χ3n) is 3.77. The van der Waals surface area contributed by atoms with E-state index in [1.165, 1.54) is 30.3 Å². The van der Waals surface area contributed by atoms with E-state index >= 15 is 0 Å². The Bertz CT molecular complexity index is 521. The quantitative estimate of drug-likeness (QED) is 0.780. The van der Waals surface area contributed by atoms with Crippen molar-refractivity contribution in [3.8, 4) is 0 Å². The molecule has 1 aliphatic heterocycles. The van der Waals surface area contributed by atoms with Crippen LogP contribution in [0.4, 0.5) is 0 Å². The van der Waals surface area contributed by atoms with E-state index in [1.807, 2.05) is 6.07 Å². The number of nitrogens with zero attached hydrogens (tertiary/aromatic N) is 2. The molecule has 1 fully saturated rings. The third kappa shape index (κ3) is 1.93. The van der Waals surface area contributed by atoms with Crippen LogP contribution in [0.3, 0.4) is 0 Å². The summed E-state index contributed by atoms with van der Waals surface area (Å²) in [5, 5.41) is 1.26. The SMILES string of the molecule is CCN1CCCC1c1cnc2ccccc2c1. The van der Waals surface area contributed by atoms with E-state index in [2.05, 4.69) is 47.3 Å². The first-order valence-corrected chi connectivity index (χ1v) is 6.47.